The maximum Gasteiger partial charge on any atom is 1.00 e. The zero-order chi connectivity index (χ0) is 12.0. The van der Waals surface area contributed by atoms with Crippen molar-refractivity contribution in [1.29, 1.82) is 31.6 Å². The molecule has 0 aromatic heterocycles. The first-order valence-corrected chi connectivity index (χ1v) is 1.34. The van der Waals surface area contributed by atoms with Crippen LogP contribution >= 0.6 is 0 Å². The maximum atomic E-state index is 6.25. The van der Waals surface area contributed by atoms with E-state index in [-0.39, 0.29) is 239 Å². The zero-order valence-electron chi connectivity index (χ0n) is 11.5. The number of hydrogen-bond donors (Lipinski definition) is 0. The van der Waals surface area contributed by atoms with E-state index < -0.39 is 0 Å². The summed E-state index contributed by atoms with van der Waals surface area (Å²) in [6, 6.07) is 0. The van der Waals surface area contributed by atoms with Crippen LogP contribution in [-0.4, -0.2) is 16.4 Å². The summed E-state index contributed by atoms with van der Waals surface area (Å²) >= 11 is 0. The van der Waals surface area contributed by atoms with E-state index in [1.165, 1.54) is 0 Å². The first-order chi connectivity index (χ1) is 6.00. The molecule has 0 aromatic rings. The Hall–Kier alpha value is 3.88. The molecular weight excluding hydrogens is 416 g/mol. The molecule has 0 amide bonds. The van der Waals surface area contributed by atoms with E-state index in [0.29, 0.717) is 0 Å². The molecule has 86 valence electrons. The molecule has 0 aliphatic carbocycles. The molecule has 0 saturated heterocycles. The maximum absolute atomic E-state index is 6.25. The van der Waals surface area contributed by atoms with Gasteiger partial charge in [-0.25, -0.2) is 0 Å². The number of hydrogen-bond acceptors (Lipinski definition) is 6. The fraction of sp³-hybridized carbons (Fsp3) is 0. The summed E-state index contributed by atoms with van der Waals surface area (Å²) in [5.74, 6) is 0. The van der Waals surface area contributed by atoms with E-state index in [0.717, 1.165) is 0 Å². The van der Waals surface area contributed by atoms with Crippen LogP contribution in [0.25, 0.3) is 0 Å². The van der Waals surface area contributed by atoms with Gasteiger partial charge in [-0.15, -0.1) is 0 Å². The van der Waals surface area contributed by atoms with E-state index in [2.05, 4.69) is 0 Å². The Bertz CT molecular complexity index is 118. The van der Waals surface area contributed by atoms with Crippen molar-refractivity contribution in [3.8, 4) is 0 Å². The monoisotopic (exact) mass is 422 g/mol. The molecule has 6 N–H and O–H groups in total. The molecule has 0 aliphatic heterocycles. The zero-order valence-corrected chi connectivity index (χ0v) is 25.1. The van der Waals surface area contributed by atoms with Gasteiger partial charge in [0.25, 0.3) is 0 Å². The minimum atomic E-state index is 0. The fourth-order valence-corrected chi connectivity index (χ4v) is 0. The average Bonchev–Trinajstić information content (AvgIpc) is 2.33. The molecule has 0 spiro atoms. The van der Waals surface area contributed by atoms with Crippen LogP contribution < -0.4 is 206 Å². The van der Waals surface area contributed by atoms with Crippen LogP contribution in [0.3, 0.4) is 0 Å². The van der Waals surface area contributed by atoms with Gasteiger partial charge in [0, 0.05) is 17.1 Å². The molecule has 9 nitrogen and oxygen atoms in total. The summed E-state index contributed by atoms with van der Waals surface area (Å²) in [7, 11) is 0. The summed E-state index contributed by atoms with van der Waals surface area (Å²) in [6.45, 7) is 28.5. The molecule has 0 unspecified atom stereocenters. The minimum absolute atomic E-state index is 0. The Morgan fingerprint density at radius 1 is 0.300 bits per heavy atom. The number of nitrogens with zero attached hydrogens (tertiary/aromatic N) is 6. The number of rotatable bonds is 0. The average molecular weight is 422 g/mol. The van der Waals surface area contributed by atoms with Gasteiger partial charge in [0.2, 0.25) is 0 Å². The molecule has 0 rings (SSSR count). The fourth-order valence-electron chi connectivity index (χ4n) is 0. The van der Waals surface area contributed by atoms with Gasteiger partial charge in [-0.2, -0.15) is 31.6 Å². The molecule has 0 fully saturated rings. The molecule has 0 bridgehead atoms. The molecule has 0 aromatic carbocycles. The Kier molecular flexibility index (Phi) is 4650. The summed E-state index contributed by atoms with van der Waals surface area (Å²) in [4.78, 5) is 0. The topological polar surface area (TPSA) is 237 Å². The Balaban J connectivity index is -0.00000000167. The summed E-state index contributed by atoms with van der Waals surface area (Å²) in [5.41, 5.74) is 0. The third kappa shape index (κ3) is 632. The van der Waals surface area contributed by atoms with Gasteiger partial charge in [-0.05, 0) is 0 Å². The van der Waals surface area contributed by atoms with Crippen molar-refractivity contribution < 1.29 is 239 Å². The molecule has 0 atom stereocenters. The van der Waals surface area contributed by atoms with Crippen LogP contribution in [-0.2, 0) is 17.1 Å². The molecule has 6 radical (unpaired) electrons. The Labute approximate surface area is 301 Å². The third-order valence-electron chi connectivity index (χ3n) is 0. The van der Waals surface area contributed by atoms with Crippen LogP contribution in [0.2, 0.25) is 0 Å². The second-order valence-electron chi connectivity index (χ2n) is 0. The minimum Gasteiger partial charge on any atom is -0.412 e. The largest absolute Gasteiger partial charge is 1.00 e. The Morgan fingerprint density at radius 3 is 0.300 bits per heavy atom. The van der Waals surface area contributed by atoms with E-state index >= 15 is 0 Å². The summed E-state index contributed by atoms with van der Waals surface area (Å²) < 4.78 is 0. The second kappa shape index (κ2) is 726. The quantitative estimate of drug-likeness (QED) is 0.343. The van der Waals surface area contributed by atoms with Gasteiger partial charge in [0.1, 0.15) is 0 Å². The first-order valence-electron chi connectivity index (χ1n) is 1.34. The smallest absolute Gasteiger partial charge is 0.412 e. The van der Waals surface area contributed by atoms with Gasteiger partial charge in [0.05, 0.1) is 0 Å². The van der Waals surface area contributed by atoms with Crippen LogP contribution in [0.4, 0.5) is 0 Å². The molecule has 0 heterocycles. The first kappa shape index (κ1) is 128. The van der Waals surface area contributed by atoms with Gasteiger partial charge in [0.15, 0.2) is 39.4 Å². The molecule has 20 heavy (non-hydrogen) atoms. The summed E-state index contributed by atoms with van der Waals surface area (Å²) in [6.07, 6.45) is 0. The molecule has 0 aliphatic rings. The predicted molar refractivity (Wildman–Crippen MR) is 40.6 cm³/mol. The van der Waals surface area contributed by atoms with Crippen molar-refractivity contribution in [3.05, 3.63) is 39.4 Å². The van der Waals surface area contributed by atoms with E-state index in [4.69, 9.17) is 71.0 Å². The Morgan fingerprint density at radius 2 is 0.300 bits per heavy atom. The van der Waals surface area contributed by atoms with Crippen molar-refractivity contribution in [2.24, 2.45) is 0 Å². The molecule has 0 saturated carbocycles. The SMILES string of the molecule is O.O.O.[C]#N.[C]#N.[C]#N.[C]#N.[C]#N.[C]#N.[Fe].[K+].[K+].[K+].[K+]. The van der Waals surface area contributed by atoms with Gasteiger partial charge >= 0.3 is 206 Å². The van der Waals surface area contributed by atoms with Gasteiger partial charge in [-0.1, -0.05) is 0 Å². The van der Waals surface area contributed by atoms with Crippen LogP contribution in [0.1, 0.15) is 0 Å². The van der Waals surface area contributed by atoms with Crippen LogP contribution in [0.5, 0.6) is 0 Å². The summed E-state index contributed by atoms with van der Waals surface area (Å²) in [5, 5.41) is 37.5. The van der Waals surface area contributed by atoms with Crippen LogP contribution in [0, 0.1) is 71.0 Å². The standard InChI is InChI=1S/6CN.Fe.4K.3H2O/c6*1-2;;;;;;;;/h;;;;;;;;;;;3*1H2/q;;;;;;;4*+1;;;. The van der Waals surface area contributed by atoms with Crippen molar-refractivity contribution in [3.63, 3.8) is 0 Å². The van der Waals surface area contributed by atoms with Crippen LogP contribution in [0.15, 0.2) is 0 Å². The predicted octanol–water partition coefficient (Wildman–Crippen LogP) is -13.9. The van der Waals surface area contributed by atoms with Gasteiger partial charge < -0.3 is 16.4 Å². The van der Waals surface area contributed by atoms with E-state index in [9.17, 15) is 0 Å². The van der Waals surface area contributed by atoms with Crippen molar-refractivity contribution in [2.45, 2.75) is 0 Å². The van der Waals surface area contributed by atoms with Crippen molar-refractivity contribution in [2.75, 3.05) is 0 Å². The van der Waals surface area contributed by atoms with E-state index in [1.54, 1.807) is 0 Å². The third-order valence-corrected chi connectivity index (χ3v) is 0. The molecule has 14 heteroatoms. The molecular formula is C6H6FeK4N6O3+4. The normalized spacial score (nSPS) is 0.600. The van der Waals surface area contributed by atoms with E-state index in [1.807, 2.05) is 0 Å². The van der Waals surface area contributed by atoms with Gasteiger partial charge in [-0.3, -0.25) is 0 Å². The second-order valence-corrected chi connectivity index (χ2v) is 0. The van der Waals surface area contributed by atoms with Crippen molar-refractivity contribution >= 4 is 0 Å². The van der Waals surface area contributed by atoms with Crippen molar-refractivity contribution in [1.82, 2.24) is 0 Å².